The van der Waals surface area contributed by atoms with E-state index in [1.54, 1.807) is 12.3 Å². The molecular weight excluding hydrogens is 282 g/mol. The van der Waals surface area contributed by atoms with Crippen molar-refractivity contribution >= 4 is 5.91 Å². The number of para-hydroxylation sites is 2. The molecule has 0 saturated carbocycles. The summed E-state index contributed by atoms with van der Waals surface area (Å²) in [5.74, 6) is 1.14. The van der Waals surface area contributed by atoms with E-state index < -0.39 is 6.10 Å². The number of carbonyl (C=O) groups is 1. The van der Waals surface area contributed by atoms with Gasteiger partial charge in [-0.1, -0.05) is 12.1 Å². The first-order valence-corrected chi connectivity index (χ1v) is 7.41. The maximum Gasteiger partial charge on any atom is 0.265 e. The number of rotatable bonds is 5. The average Bonchev–Trinajstić information content (AvgIpc) is 3.04. The van der Waals surface area contributed by atoms with E-state index >= 15 is 0 Å². The zero-order valence-electron chi connectivity index (χ0n) is 12.4. The van der Waals surface area contributed by atoms with E-state index in [1.165, 1.54) is 0 Å². The second kappa shape index (κ2) is 6.51. The highest BCUT2D eigenvalue weighted by molar-refractivity contribution is 5.82. The number of hydrogen-bond acceptors (Lipinski definition) is 4. The number of nitrogens with zero attached hydrogens (tertiary/aromatic N) is 2. The average molecular weight is 301 g/mol. The van der Waals surface area contributed by atoms with Gasteiger partial charge in [0.05, 0.1) is 0 Å². The fourth-order valence-corrected chi connectivity index (χ4v) is 2.39. The SMILES string of the molecule is CC1Oc2ccccc2OC1C(=O)NCCCn1cccn1. The van der Waals surface area contributed by atoms with Gasteiger partial charge < -0.3 is 14.8 Å². The molecule has 0 aliphatic carbocycles. The van der Waals surface area contributed by atoms with E-state index in [2.05, 4.69) is 10.4 Å². The van der Waals surface area contributed by atoms with Crippen molar-refractivity contribution in [2.75, 3.05) is 6.54 Å². The van der Waals surface area contributed by atoms with Gasteiger partial charge in [-0.05, 0) is 31.5 Å². The van der Waals surface area contributed by atoms with Crippen LogP contribution in [0.5, 0.6) is 11.5 Å². The summed E-state index contributed by atoms with van der Waals surface area (Å²) in [5, 5.41) is 7.01. The molecule has 0 radical (unpaired) electrons. The van der Waals surface area contributed by atoms with Crippen LogP contribution in [0.25, 0.3) is 0 Å². The molecule has 1 aromatic carbocycles. The normalized spacial score (nSPS) is 19.7. The molecule has 0 saturated heterocycles. The Kier molecular flexibility index (Phi) is 4.27. The van der Waals surface area contributed by atoms with Crippen molar-refractivity contribution in [3.63, 3.8) is 0 Å². The van der Waals surface area contributed by atoms with Gasteiger partial charge in [0, 0.05) is 25.5 Å². The zero-order valence-corrected chi connectivity index (χ0v) is 12.4. The van der Waals surface area contributed by atoms with Crippen LogP contribution in [-0.4, -0.2) is 34.4 Å². The van der Waals surface area contributed by atoms with Gasteiger partial charge in [0.1, 0.15) is 6.10 Å². The van der Waals surface area contributed by atoms with Crippen LogP contribution in [0.2, 0.25) is 0 Å². The predicted octanol–water partition coefficient (Wildman–Crippen LogP) is 1.62. The fourth-order valence-electron chi connectivity index (χ4n) is 2.39. The molecule has 2 aromatic rings. The van der Waals surface area contributed by atoms with E-state index in [9.17, 15) is 4.79 Å². The summed E-state index contributed by atoms with van der Waals surface area (Å²) in [5.41, 5.74) is 0. The molecule has 6 heteroatoms. The Labute approximate surface area is 129 Å². The van der Waals surface area contributed by atoms with Crippen molar-refractivity contribution < 1.29 is 14.3 Å². The molecule has 22 heavy (non-hydrogen) atoms. The van der Waals surface area contributed by atoms with Crippen LogP contribution in [0.3, 0.4) is 0 Å². The van der Waals surface area contributed by atoms with E-state index in [-0.39, 0.29) is 12.0 Å². The maximum atomic E-state index is 12.2. The number of benzene rings is 1. The molecule has 6 nitrogen and oxygen atoms in total. The first-order valence-electron chi connectivity index (χ1n) is 7.41. The number of carbonyl (C=O) groups excluding carboxylic acids is 1. The summed E-state index contributed by atoms with van der Waals surface area (Å²) in [6.07, 6.45) is 3.51. The van der Waals surface area contributed by atoms with Crippen molar-refractivity contribution in [1.29, 1.82) is 0 Å². The topological polar surface area (TPSA) is 65.4 Å². The maximum absolute atomic E-state index is 12.2. The number of ether oxygens (including phenoxy) is 2. The van der Waals surface area contributed by atoms with Crippen LogP contribution in [0.1, 0.15) is 13.3 Å². The lowest BCUT2D eigenvalue weighted by molar-refractivity contribution is -0.133. The predicted molar refractivity (Wildman–Crippen MR) is 80.8 cm³/mol. The number of aromatic nitrogens is 2. The van der Waals surface area contributed by atoms with Gasteiger partial charge in [0.25, 0.3) is 5.91 Å². The lowest BCUT2D eigenvalue weighted by Crippen LogP contribution is -2.49. The molecule has 116 valence electrons. The van der Waals surface area contributed by atoms with E-state index in [0.29, 0.717) is 18.0 Å². The Hall–Kier alpha value is -2.50. The molecule has 1 aliphatic rings. The molecule has 3 rings (SSSR count). The molecule has 1 amide bonds. The quantitative estimate of drug-likeness (QED) is 0.852. The second-order valence-electron chi connectivity index (χ2n) is 5.22. The molecule has 1 N–H and O–H groups in total. The zero-order chi connectivity index (χ0) is 15.4. The number of hydrogen-bond donors (Lipinski definition) is 1. The Balaban J connectivity index is 1.50. The lowest BCUT2D eigenvalue weighted by atomic mass is 10.1. The molecule has 2 heterocycles. The highest BCUT2D eigenvalue weighted by Gasteiger charge is 2.33. The Morgan fingerprint density at radius 1 is 1.27 bits per heavy atom. The van der Waals surface area contributed by atoms with Gasteiger partial charge in [-0.15, -0.1) is 0 Å². The minimum atomic E-state index is -0.625. The minimum Gasteiger partial charge on any atom is -0.482 e. The van der Waals surface area contributed by atoms with E-state index in [0.717, 1.165) is 13.0 Å². The fraction of sp³-hybridized carbons (Fsp3) is 0.375. The van der Waals surface area contributed by atoms with Crippen LogP contribution < -0.4 is 14.8 Å². The molecule has 0 bridgehead atoms. The van der Waals surface area contributed by atoms with Crippen LogP contribution >= 0.6 is 0 Å². The summed E-state index contributed by atoms with van der Waals surface area (Å²) < 4.78 is 13.3. The van der Waals surface area contributed by atoms with Crippen LogP contribution in [0.4, 0.5) is 0 Å². The molecule has 0 spiro atoms. The second-order valence-corrected chi connectivity index (χ2v) is 5.22. The van der Waals surface area contributed by atoms with Gasteiger partial charge in [0.15, 0.2) is 11.5 Å². The van der Waals surface area contributed by atoms with E-state index in [1.807, 2.05) is 42.1 Å². The molecule has 2 atom stereocenters. The minimum absolute atomic E-state index is 0.150. The van der Waals surface area contributed by atoms with Gasteiger partial charge in [-0.3, -0.25) is 9.48 Å². The van der Waals surface area contributed by atoms with Crippen molar-refractivity contribution in [2.24, 2.45) is 0 Å². The van der Waals surface area contributed by atoms with Crippen molar-refractivity contribution in [2.45, 2.75) is 32.1 Å². The third-order valence-electron chi connectivity index (χ3n) is 3.52. The number of fused-ring (bicyclic) bond motifs is 1. The summed E-state index contributed by atoms with van der Waals surface area (Å²) in [6, 6.07) is 9.26. The summed E-state index contributed by atoms with van der Waals surface area (Å²) >= 11 is 0. The Bertz CT molecular complexity index is 627. The smallest absolute Gasteiger partial charge is 0.265 e. The number of nitrogens with one attached hydrogen (secondary N) is 1. The standard InChI is InChI=1S/C16H19N3O3/c1-12-15(22-14-7-3-2-6-13(14)21-12)16(20)17-8-4-10-19-11-5-9-18-19/h2-3,5-7,9,11-12,15H,4,8,10H2,1H3,(H,17,20). The Morgan fingerprint density at radius 3 is 2.77 bits per heavy atom. The third kappa shape index (κ3) is 3.21. The lowest BCUT2D eigenvalue weighted by Gasteiger charge is -2.31. The van der Waals surface area contributed by atoms with Gasteiger partial charge in [-0.2, -0.15) is 5.10 Å². The first kappa shape index (κ1) is 14.4. The van der Waals surface area contributed by atoms with Crippen molar-refractivity contribution in [1.82, 2.24) is 15.1 Å². The molecule has 2 unspecified atom stereocenters. The van der Waals surface area contributed by atoms with Crippen LogP contribution in [0.15, 0.2) is 42.7 Å². The van der Waals surface area contributed by atoms with E-state index in [4.69, 9.17) is 9.47 Å². The summed E-state index contributed by atoms with van der Waals surface area (Å²) in [6.45, 7) is 3.19. The summed E-state index contributed by atoms with van der Waals surface area (Å²) in [4.78, 5) is 12.2. The monoisotopic (exact) mass is 301 g/mol. The summed E-state index contributed by atoms with van der Waals surface area (Å²) in [7, 11) is 0. The third-order valence-corrected chi connectivity index (χ3v) is 3.52. The largest absolute Gasteiger partial charge is 0.482 e. The van der Waals surface area contributed by atoms with Crippen LogP contribution in [0, 0.1) is 0 Å². The van der Waals surface area contributed by atoms with Crippen molar-refractivity contribution in [3.8, 4) is 11.5 Å². The van der Waals surface area contributed by atoms with Gasteiger partial charge in [0.2, 0.25) is 6.10 Å². The molecular formula is C16H19N3O3. The highest BCUT2D eigenvalue weighted by Crippen LogP contribution is 2.33. The first-order chi connectivity index (χ1) is 10.7. The molecule has 1 aromatic heterocycles. The van der Waals surface area contributed by atoms with Gasteiger partial charge in [-0.25, -0.2) is 0 Å². The highest BCUT2D eigenvalue weighted by atomic mass is 16.6. The number of amides is 1. The molecule has 1 aliphatic heterocycles. The van der Waals surface area contributed by atoms with Gasteiger partial charge >= 0.3 is 0 Å². The van der Waals surface area contributed by atoms with Crippen LogP contribution in [-0.2, 0) is 11.3 Å². The molecule has 0 fully saturated rings. The Morgan fingerprint density at radius 2 is 2.05 bits per heavy atom. The number of aryl methyl sites for hydroxylation is 1. The van der Waals surface area contributed by atoms with Crippen molar-refractivity contribution in [3.05, 3.63) is 42.7 Å².